The van der Waals surface area contributed by atoms with E-state index in [4.69, 9.17) is 11.6 Å². The van der Waals surface area contributed by atoms with Gasteiger partial charge in [0.25, 0.3) is 0 Å². The van der Waals surface area contributed by atoms with Crippen molar-refractivity contribution in [3.05, 3.63) is 64.7 Å². The predicted octanol–water partition coefficient (Wildman–Crippen LogP) is 3.80. The zero-order valence-electron chi connectivity index (χ0n) is 16.4. The summed E-state index contributed by atoms with van der Waals surface area (Å²) in [5, 5.41) is 0.692. The van der Waals surface area contributed by atoms with Crippen LogP contribution in [0, 0.1) is 6.92 Å². The van der Waals surface area contributed by atoms with Gasteiger partial charge < -0.3 is 4.90 Å². The van der Waals surface area contributed by atoms with E-state index in [1.807, 2.05) is 31.2 Å². The molecule has 0 saturated carbocycles. The first-order valence-corrected chi connectivity index (χ1v) is 12.5. The third kappa shape index (κ3) is 5.98. The molecular formula is C21H25ClN2O3S2. The first-order chi connectivity index (χ1) is 13.9. The molecule has 8 heteroatoms. The van der Waals surface area contributed by atoms with E-state index < -0.39 is 10.0 Å². The van der Waals surface area contributed by atoms with Crippen LogP contribution in [0.5, 0.6) is 0 Å². The van der Waals surface area contributed by atoms with Gasteiger partial charge in [-0.3, -0.25) is 4.79 Å². The number of amides is 1. The lowest BCUT2D eigenvalue weighted by atomic mass is 10.2. The van der Waals surface area contributed by atoms with Crippen molar-refractivity contribution in [1.29, 1.82) is 0 Å². The molecule has 1 aliphatic heterocycles. The lowest BCUT2D eigenvalue weighted by Crippen LogP contribution is -2.38. The zero-order valence-corrected chi connectivity index (χ0v) is 18.8. The van der Waals surface area contributed by atoms with Gasteiger partial charge in [-0.25, -0.2) is 8.42 Å². The second kappa shape index (κ2) is 9.98. The van der Waals surface area contributed by atoms with Crippen molar-refractivity contribution in [3.8, 4) is 0 Å². The summed E-state index contributed by atoms with van der Waals surface area (Å²) >= 11 is 7.54. The highest BCUT2D eigenvalue weighted by Gasteiger charge is 2.28. The summed E-state index contributed by atoms with van der Waals surface area (Å²) in [5.41, 5.74) is 2.10. The molecule has 0 spiro atoms. The van der Waals surface area contributed by atoms with Crippen LogP contribution in [-0.4, -0.2) is 55.5 Å². The number of hydrogen-bond donors (Lipinski definition) is 0. The minimum atomic E-state index is -3.53. The van der Waals surface area contributed by atoms with Crippen LogP contribution in [0.2, 0.25) is 5.02 Å². The monoisotopic (exact) mass is 452 g/mol. The van der Waals surface area contributed by atoms with Crippen LogP contribution in [-0.2, 0) is 20.6 Å². The van der Waals surface area contributed by atoms with Crippen molar-refractivity contribution in [2.45, 2.75) is 24.0 Å². The Morgan fingerprint density at radius 1 is 1.07 bits per heavy atom. The summed E-state index contributed by atoms with van der Waals surface area (Å²) in [6.45, 7) is 3.67. The average molecular weight is 453 g/mol. The summed E-state index contributed by atoms with van der Waals surface area (Å²) in [5.74, 6) is 1.14. The van der Waals surface area contributed by atoms with Crippen LogP contribution in [0.15, 0.2) is 53.4 Å². The van der Waals surface area contributed by atoms with Gasteiger partial charge in [-0.2, -0.15) is 4.31 Å². The van der Waals surface area contributed by atoms with E-state index in [-0.39, 0.29) is 5.91 Å². The SMILES string of the molecule is Cc1ccc(S(=O)(=O)N2CCCN(C(=O)CSCc3cccc(Cl)c3)CC2)cc1. The summed E-state index contributed by atoms with van der Waals surface area (Å²) in [6, 6.07) is 14.5. The molecule has 0 unspecified atom stereocenters. The fourth-order valence-electron chi connectivity index (χ4n) is 3.22. The molecule has 1 aliphatic rings. The van der Waals surface area contributed by atoms with Gasteiger partial charge in [0.05, 0.1) is 10.6 Å². The number of thioether (sulfide) groups is 1. The zero-order chi connectivity index (χ0) is 20.9. The van der Waals surface area contributed by atoms with Crippen molar-refractivity contribution in [3.63, 3.8) is 0 Å². The molecule has 1 heterocycles. The maximum absolute atomic E-state index is 12.9. The fourth-order valence-corrected chi connectivity index (χ4v) is 5.77. The van der Waals surface area contributed by atoms with E-state index in [1.165, 1.54) is 4.31 Å². The Balaban J connectivity index is 1.53. The molecule has 5 nitrogen and oxygen atoms in total. The fraction of sp³-hybridized carbons (Fsp3) is 0.381. The van der Waals surface area contributed by atoms with E-state index in [0.717, 1.165) is 11.1 Å². The summed E-state index contributed by atoms with van der Waals surface area (Å²) in [7, 11) is -3.53. The molecule has 29 heavy (non-hydrogen) atoms. The van der Waals surface area contributed by atoms with Crippen LogP contribution in [0.3, 0.4) is 0 Å². The lowest BCUT2D eigenvalue weighted by Gasteiger charge is -2.22. The Hall–Kier alpha value is -1.54. The second-order valence-corrected chi connectivity index (χ2v) is 10.4. The Morgan fingerprint density at radius 3 is 2.55 bits per heavy atom. The number of halogens is 1. The van der Waals surface area contributed by atoms with E-state index in [9.17, 15) is 13.2 Å². The van der Waals surface area contributed by atoms with Crippen molar-refractivity contribution in [2.24, 2.45) is 0 Å². The van der Waals surface area contributed by atoms with Gasteiger partial charge in [0.2, 0.25) is 15.9 Å². The molecule has 1 amide bonds. The Bertz CT molecular complexity index is 949. The van der Waals surface area contributed by atoms with Gasteiger partial charge in [-0.05, 0) is 43.2 Å². The third-order valence-corrected chi connectivity index (χ3v) is 7.99. The molecule has 0 radical (unpaired) electrons. The number of hydrogen-bond acceptors (Lipinski definition) is 4. The van der Waals surface area contributed by atoms with E-state index in [2.05, 4.69) is 0 Å². The average Bonchev–Trinajstić information content (AvgIpc) is 2.95. The summed E-state index contributed by atoms with van der Waals surface area (Å²) < 4.78 is 27.3. The number of aryl methyl sites for hydroxylation is 1. The van der Waals surface area contributed by atoms with E-state index in [0.29, 0.717) is 54.0 Å². The molecule has 156 valence electrons. The molecule has 0 bridgehead atoms. The Labute approximate surface area is 182 Å². The molecule has 0 N–H and O–H groups in total. The van der Waals surface area contributed by atoms with Crippen molar-refractivity contribution in [1.82, 2.24) is 9.21 Å². The third-order valence-electron chi connectivity index (χ3n) is 4.85. The largest absolute Gasteiger partial charge is 0.341 e. The van der Waals surface area contributed by atoms with E-state index in [1.54, 1.807) is 40.9 Å². The number of benzene rings is 2. The molecular weight excluding hydrogens is 428 g/mol. The maximum atomic E-state index is 12.9. The van der Waals surface area contributed by atoms with Gasteiger partial charge in [0, 0.05) is 37.0 Å². The quantitative estimate of drug-likeness (QED) is 0.668. The molecule has 3 rings (SSSR count). The number of sulfonamides is 1. The van der Waals surface area contributed by atoms with Gasteiger partial charge in [0.15, 0.2) is 0 Å². The van der Waals surface area contributed by atoms with Crippen LogP contribution < -0.4 is 0 Å². The van der Waals surface area contributed by atoms with Gasteiger partial charge in [-0.15, -0.1) is 11.8 Å². The highest BCUT2D eigenvalue weighted by Crippen LogP contribution is 2.20. The van der Waals surface area contributed by atoms with Gasteiger partial charge in [0.1, 0.15) is 0 Å². The molecule has 0 aromatic heterocycles. The lowest BCUT2D eigenvalue weighted by molar-refractivity contribution is -0.128. The van der Waals surface area contributed by atoms with Crippen molar-refractivity contribution < 1.29 is 13.2 Å². The predicted molar refractivity (Wildman–Crippen MR) is 119 cm³/mol. The number of rotatable bonds is 6. The summed E-state index contributed by atoms with van der Waals surface area (Å²) in [6.07, 6.45) is 0.635. The number of nitrogens with zero attached hydrogens (tertiary/aromatic N) is 2. The van der Waals surface area contributed by atoms with Gasteiger partial charge >= 0.3 is 0 Å². The van der Waals surface area contributed by atoms with Crippen LogP contribution in [0.1, 0.15) is 17.5 Å². The molecule has 1 fully saturated rings. The topological polar surface area (TPSA) is 57.7 Å². The van der Waals surface area contributed by atoms with Crippen LogP contribution >= 0.6 is 23.4 Å². The first-order valence-electron chi connectivity index (χ1n) is 9.53. The molecule has 1 saturated heterocycles. The van der Waals surface area contributed by atoms with Crippen molar-refractivity contribution >= 4 is 39.3 Å². The van der Waals surface area contributed by atoms with Crippen LogP contribution in [0.25, 0.3) is 0 Å². The minimum Gasteiger partial charge on any atom is -0.341 e. The van der Waals surface area contributed by atoms with Crippen LogP contribution in [0.4, 0.5) is 0 Å². The maximum Gasteiger partial charge on any atom is 0.243 e. The number of carbonyl (C=O) groups is 1. The molecule has 0 atom stereocenters. The highest BCUT2D eigenvalue weighted by atomic mass is 35.5. The summed E-state index contributed by atoms with van der Waals surface area (Å²) in [4.78, 5) is 14.7. The molecule has 2 aromatic carbocycles. The first kappa shape index (κ1) is 22.2. The number of carbonyl (C=O) groups excluding carboxylic acids is 1. The Morgan fingerprint density at radius 2 is 1.83 bits per heavy atom. The minimum absolute atomic E-state index is 0.0478. The smallest absolute Gasteiger partial charge is 0.243 e. The standard InChI is InChI=1S/C21H25ClN2O3S2/c1-17-6-8-20(9-7-17)29(26,27)24-11-3-10-23(12-13-24)21(25)16-28-15-18-4-2-5-19(22)14-18/h2,4-9,14H,3,10-13,15-16H2,1H3. The Kier molecular flexibility index (Phi) is 7.62. The second-order valence-electron chi connectivity index (χ2n) is 7.07. The van der Waals surface area contributed by atoms with Gasteiger partial charge in [-0.1, -0.05) is 41.4 Å². The normalized spacial score (nSPS) is 15.9. The van der Waals surface area contributed by atoms with Crippen molar-refractivity contribution in [2.75, 3.05) is 31.9 Å². The molecule has 2 aromatic rings. The molecule has 0 aliphatic carbocycles. The highest BCUT2D eigenvalue weighted by molar-refractivity contribution is 7.99. The van der Waals surface area contributed by atoms with E-state index >= 15 is 0 Å².